The topological polar surface area (TPSA) is 56.7 Å². The molecule has 5 nitrogen and oxygen atoms in total. The van der Waals surface area contributed by atoms with Gasteiger partial charge >= 0.3 is 5.97 Å². The lowest BCUT2D eigenvalue weighted by Crippen LogP contribution is -2.36. The smallest absolute Gasteiger partial charge is 0.354 e. The van der Waals surface area contributed by atoms with Crippen LogP contribution in [0.15, 0.2) is 18.2 Å². The molecule has 1 fully saturated rings. The van der Waals surface area contributed by atoms with E-state index in [0.717, 1.165) is 25.5 Å². The van der Waals surface area contributed by atoms with Crippen molar-refractivity contribution < 1.29 is 9.90 Å². The molecule has 0 aromatic carbocycles. The fraction of sp³-hybridized carbons (Fsp3) is 0.571. The molecule has 0 amide bonds. The number of likely N-dealkylation sites (tertiary alicyclic amines) is 1. The molecule has 0 aliphatic carbocycles. The van der Waals surface area contributed by atoms with Crippen LogP contribution in [0.1, 0.15) is 23.3 Å². The summed E-state index contributed by atoms with van der Waals surface area (Å²) in [6, 6.07) is 5.13. The molecule has 1 saturated heterocycles. The molecule has 1 N–H and O–H groups in total. The summed E-state index contributed by atoms with van der Waals surface area (Å²) in [7, 11) is 4.13. The lowest BCUT2D eigenvalue weighted by atomic mass is 9.97. The maximum absolute atomic E-state index is 10.9. The van der Waals surface area contributed by atoms with Gasteiger partial charge < -0.3 is 14.9 Å². The van der Waals surface area contributed by atoms with Crippen LogP contribution < -0.4 is 4.90 Å². The molecule has 0 saturated carbocycles. The molecule has 19 heavy (non-hydrogen) atoms. The molecule has 1 aromatic rings. The second kappa shape index (κ2) is 6.02. The molecule has 2 heterocycles. The van der Waals surface area contributed by atoms with E-state index in [9.17, 15) is 4.79 Å². The quantitative estimate of drug-likeness (QED) is 0.893. The Morgan fingerprint density at radius 2 is 2.16 bits per heavy atom. The van der Waals surface area contributed by atoms with E-state index < -0.39 is 5.97 Å². The average molecular weight is 263 g/mol. The number of aromatic nitrogens is 1. The van der Waals surface area contributed by atoms with Crippen LogP contribution in [0, 0.1) is 5.92 Å². The second-order valence-electron chi connectivity index (χ2n) is 5.31. The first-order valence-electron chi connectivity index (χ1n) is 6.66. The van der Waals surface area contributed by atoms with E-state index in [2.05, 4.69) is 21.8 Å². The third kappa shape index (κ3) is 3.67. The minimum Gasteiger partial charge on any atom is -0.477 e. The first-order chi connectivity index (χ1) is 9.06. The summed E-state index contributed by atoms with van der Waals surface area (Å²) in [5, 5.41) is 8.96. The molecule has 0 radical (unpaired) electrons. The van der Waals surface area contributed by atoms with Crippen LogP contribution in [0.25, 0.3) is 0 Å². The SMILES string of the molecule is CN1CCC(CN(C)c2cccc(C(=O)O)n2)CC1. The fourth-order valence-electron chi connectivity index (χ4n) is 2.48. The van der Waals surface area contributed by atoms with Gasteiger partial charge in [-0.15, -0.1) is 0 Å². The lowest BCUT2D eigenvalue weighted by molar-refractivity contribution is 0.0690. The number of hydrogen-bond acceptors (Lipinski definition) is 4. The Hall–Kier alpha value is -1.62. The Bertz CT molecular complexity index is 442. The van der Waals surface area contributed by atoms with Crippen molar-refractivity contribution in [2.24, 2.45) is 5.92 Å². The number of rotatable bonds is 4. The molecule has 0 bridgehead atoms. The molecule has 0 atom stereocenters. The van der Waals surface area contributed by atoms with E-state index in [1.54, 1.807) is 6.07 Å². The summed E-state index contributed by atoms with van der Waals surface area (Å²) in [6.07, 6.45) is 2.39. The first kappa shape index (κ1) is 13.8. The number of carbonyl (C=O) groups is 1. The van der Waals surface area contributed by atoms with Gasteiger partial charge in [0.25, 0.3) is 0 Å². The standard InChI is InChI=1S/C14H21N3O2/c1-16-8-6-11(7-9-16)10-17(2)13-5-3-4-12(15-13)14(18)19/h3-5,11H,6-10H2,1-2H3,(H,18,19). The van der Waals surface area contributed by atoms with Crippen molar-refractivity contribution in [3.8, 4) is 0 Å². The highest BCUT2D eigenvalue weighted by atomic mass is 16.4. The number of pyridine rings is 1. The Kier molecular flexibility index (Phi) is 4.37. The number of hydrogen-bond donors (Lipinski definition) is 1. The monoisotopic (exact) mass is 263 g/mol. The molecule has 2 rings (SSSR count). The summed E-state index contributed by atoms with van der Waals surface area (Å²) in [5.74, 6) is 0.421. The van der Waals surface area contributed by atoms with Gasteiger partial charge in [0.15, 0.2) is 5.69 Å². The number of anilines is 1. The summed E-state index contributed by atoms with van der Waals surface area (Å²) in [6.45, 7) is 3.21. The lowest BCUT2D eigenvalue weighted by Gasteiger charge is -2.32. The molecule has 104 valence electrons. The van der Waals surface area contributed by atoms with Crippen LogP contribution in [-0.2, 0) is 0 Å². The molecular weight excluding hydrogens is 242 g/mol. The third-order valence-electron chi connectivity index (χ3n) is 3.71. The molecule has 5 heteroatoms. The number of aromatic carboxylic acids is 1. The van der Waals surface area contributed by atoms with Crippen molar-refractivity contribution >= 4 is 11.8 Å². The van der Waals surface area contributed by atoms with Crippen LogP contribution in [0.4, 0.5) is 5.82 Å². The summed E-state index contributed by atoms with van der Waals surface area (Å²) in [5.41, 5.74) is 0.104. The van der Waals surface area contributed by atoms with Gasteiger partial charge in [-0.2, -0.15) is 0 Å². The van der Waals surface area contributed by atoms with E-state index in [1.165, 1.54) is 18.9 Å². The Morgan fingerprint density at radius 1 is 1.47 bits per heavy atom. The Labute approximate surface area is 113 Å². The molecule has 1 aromatic heterocycles. The second-order valence-corrected chi connectivity index (χ2v) is 5.31. The van der Waals surface area contributed by atoms with Crippen molar-refractivity contribution in [2.45, 2.75) is 12.8 Å². The van der Waals surface area contributed by atoms with Crippen molar-refractivity contribution in [1.29, 1.82) is 0 Å². The van der Waals surface area contributed by atoms with Crippen LogP contribution in [0.2, 0.25) is 0 Å². The zero-order chi connectivity index (χ0) is 13.8. The number of carboxylic acid groups (broad SMARTS) is 1. The van der Waals surface area contributed by atoms with Crippen LogP contribution >= 0.6 is 0 Å². The van der Waals surface area contributed by atoms with Crippen molar-refractivity contribution in [1.82, 2.24) is 9.88 Å². The predicted molar refractivity (Wildman–Crippen MR) is 74.7 cm³/mol. The largest absolute Gasteiger partial charge is 0.477 e. The number of carboxylic acids is 1. The molecule has 0 spiro atoms. The fourth-order valence-corrected chi connectivity index (χ4v) is 2.48. The Balaban J connectivity index is 1.97. The predicted octanol–water partition coefficient (Wildman–Crippen LogP) is 1.56. The molecule has 0 unspecified atom stereocenters. The van der Waals surface area contributed by atoms with Crippen molar-refractivity contribution in [2.75, 3.05) is 38.6 Å². The molecule has 1 aliphatic rings. The number of piperidine rings is 1. The zero-order valence-electron chi connectivity index (χ0n) is 11.5. The van der Waals surface area contributed by atoms with Crippen LogP contribution in [-0.4, -0.2) is 54.7 Å². The van der Waals surface area contributed by atoms with E-state index in [1.807, 2.05) is 13.1 Å². The van der Waals surface area contributed by atoms with E-state index in [0.29, 0.717) is 5.92 Å². The van der Waals surface area contributed by atoms with Gasteiger partial charge in [-0.3, -0.25) is 0 Å². The maximum atomic E-state index is 10.9. The van der Waals surface area contributed by atoms with Crippen LogP contribution in [0.5, 0.6) is 0 Å². The van der Waals surface area contributed by atoms with Crippen molar-refractivity contribution in [3.63, 3.8) is 0 Å². The van der Waals surface area contributed by atoms with Gasteiger partial charge in [0.1, 0.15) is 5.82 Å². The van der Waals surface area contributed by atoms with Gasteiger partial charge in [0.2, 0.25) is 0 Å². The minimum absolute atomic E-state index is 0.104. The highest BCUT2D eigenvalue weighted by Crippen LogP contribution is 2.19. The highest BCUT2D eigenvalue weighted by Gasteiger charge is 2.19. The Morgan fingerprint density at radius 3 is 2.79 bits per heavy atom. The van der Waals surface area contributed by atoms with E-state index >= 15 is 0 Å². The van der Waals surface area contributed by atoms with Gasteiger partial charge in [-0.1, -0.05) is 6.07 Å². The highest BCUT2D eigenvalue weighted by molar-refractivity contribution is 5.85. The first-order valence-corrected chi connectivity index (χ1v) is 6.66. The molecular formula is C14H21N3O2. The van der Waals surface area contributed by atoms with Gasteiger partial charge in [-0.05, 0) is 51.0 Å². The van der Waals surface area contributed by atoms with E-state index in [4.69, 9.17) is 5.11 Å². The van der Waals surface area contributed by atoms with Gasteiger partial charge in [0, 0.05) is 13.6 Å². The maximum Gasteiger partial charge on any atom is 0.354 e. The normalized spacial score (nSPS) is 17.4. The molecule has 1 aliphatic heterocycles. The average Bonchev–Trinajstić information content (AvgIpc) is 2.41. The number of nitrogens with zero attached hydrogens (tertiary/aromatic N) is 3. The summed E-state index contributed by atoms with van der Waals surface area (Å²) >= 11 is 0. The zero-order valence-corrected chi connectivity index (χ0v) is 11.5. The van der Waals surface area contributed by atoms with E-state index in [-0.39, 0.29) is 5.69 Å². The van der Waals surface area contributed by atoms with Crippen LogP contribution in [0.3, 0.4) is 0 Å². The summed E-state index contributed by atoms with van der Waals surface area (Å²) in [4.78, 5) is 19.5. The van der Waals surface area contributed by atoms with Gasteiger partial charge in [-0.25, -0.2) is 9.78 Å². The van der Waals surface area contributed by atoms with Crippen molar-refractivity contribution in [3.05, 3.63) is 23.9 Å². The third-order valence-corrected chi connectivity index (χ3v) is 3.71. The minimum atomic E-state index is -0.977. The summed E-state index contributed by atoms with van der Waals surface area (Å²) < 4.78 is 0. The van der Waals surface area contributed by atoms with Gasteiger partial charge in [0.05, 0.1) is 0 Å².